The molecule has 2 heterocycles. The largest absolute Gasteiger partial charge is 0.358 e. The molecule has 31 heavy (non-hydrogen) atoms. The van der Waals surface area contributed by atoms with Crippen LogP contribution < -0.4 is 5.32 Å². The number of H-pyrrole nitrogens is 1. The highest BCUT2D eigenvalue weighted by Gasteiger charge is 2.17. The van der Waals surface area contributed by atoms with E-state index in [9.17, 15) is 4.79 Å². The number of hydrogen-bond donors (Lipinski definition) is 2. The molecule has 2 N–H and O–H groups in total. The van der Waals surface area contributed by atoms with Gasteiger partial charge in [0.2, 0.25) is 5.91 Å². The van der Waals surface area contributed by atoms with Crippen LogP contribution in [0.15, 0.2) is 70.8 Å². The quantitative estimate of drug-likeness (QED) is 0.255. The van der Waals surface area contributed by atoms with Gasteiger partial charge in [-0.1, -0.05) is 52.0 Å². The van der Waals surface area contributed by atoms with Crippen molar-refractivity contribution in [3.05, 3.63) is 82.7 Å². The zero-order valence-electron chi connectivity index (χ0n) is 17.1. The number of rotatable bonds is 8. The van der Waals surface area contributed by atoms with Crippen LogP contribution in [0.4, 0.5) is 5.69 Å². The van der Waals surface area contributed by atoms with Crippen molar-refractivity contribution in [1.29, 1.82) is 0 Å². The van der Waals surface area contributed by atoms with Crippen molar-refractivity contribution in [2.75, 3.05) is 11.1 Å². The predicted molar refractivity (Wildman–Crippen MR) is 130 cm³/mol. The van der Waals surface area contributed by atoms with Gasteiger partial charge in [-0.3, -0.25) is 4.79 Å². The molecule has 6 nitrogen and oxygen atoms in total. The summed E-state index contributed by atoms with van der Waals surface area (Å²) < 4.78 is 2.99. The third-order valence-corrected chi connectivity index (χ3v) is 6.42. The fraction of sp³-hybridized carbons (Fsp3) is 0.174. The number of carbonyl (C=O) groups excluding carboxylic acids is 1. The van der Waals surface area contributed by atoms with Gasteiger partial charge in [0, 0.05) is 39.7 Å². The number of fused-ring (bicyclic) bond motifs is 1. The first-order valence-corrected chi connectivity index (χ1v) is 11.6. The summed E-state index contributed by atoms with van der Waals surface area (Å²) in [5.41, 5.74) is 4.20. The summed E-state index contributed by atoms with van der Waals surface area (Å²) in [4.78, 5) is 15.8. The molecule has 0 aliphatic heterocycles. The van der Waals surface area contributed by atoms with Crippen LogP contribution in [0.2, 0.25) is 0 Å². The van der Waals surface area contributed by atoms with E-state index in [1.54, 1.807) is 0 Å². The van der Waals surface area contributed by atoms with Crippen LogP contribution >= 0.6 is 27.7 Å². The fourth-order valence-corrected chi connectivity index (χ4v) is 4.48. The van der Waals surface area contributed by atoms with E-state index >= 15 is 0 Å². The number of anilines is 1. The summed E-state index contributed by atoms with van der Waals surface area (Å²) in [7, 11) is 0. The van der Waals surface area contributed by atoms with Crippen molar-refractivity contribution in [2.45, 2.75) is 25.0 Å². The van der Waals surface area contributed by atoms with Crippen molar-refractivity contribution < 1.29 is 4.79 Å². The molecule has 158 valence electrons. The second kappa shape index (κ2) is 9.53. The van der Waals surface area contributed by atoms with E-state index in [0.717, 1.165) is 27.2 Å². The lowest BCUT2D eigenvalue weighted by Gasteiger charge is -2.09. The van der Waals surface area contributed by atoms with E-state index in [1.807, 2.05) is 47.0 Å². The molecule has 4 rings (SSSR count). The molecule has 0 atom stereocenters. The Balaban J connectivity index is 1.49. The van der Waals surface area contributed by atoms with Gasteiger partial charge in [-0.2, -0.15) is 0 Å². The molecule has 4 aromatic rings. The fourth-order valence-electron chi connectivity index (χ4n) is 3.45. The van der Waals surface area contributed by atoms with Crippen LogP contribution in [0.3, 0.4) is 0 Å². The predicted octanol–water partition coefficient (Wildman–Crippen LogP) is 5.34. The Morgan fingerprint density at radius 1 is 1.23 bits per heavy atom. The molecule has 0 bridgehead atoms. The lowest BCUT2D eigenvalue weighted by atomic mass is 10.1. The number of thioether (sulfide) groups is 1. The van der Waals surface area contributed by atoms with E-state index in [-0.39, 0.29) is 11.7 Å². The number of nitrogens with one attached hydrogen (secondary N) is 2. The molecule has 2 aromatic heterocycles. The van der Waals surface area contributed by atoms with Crippen molar-refractivity contribution in [1.82, 2.24) is 19.7 Å². The highest BCUT2D eigenvalue weighted by molar-refractivity contribution is 9.10. The molecule has 0 unspecified atom stereocenters. The number of halogens is 1. The Hall–Kier alpha value is -2.84. The van der Waals surface area contributed by atoms with Gasteiger partial charge in [-0.05, 0) is 42.8 Å². The summed E-state index contributed by atoms with van der Waals surface area (Å²) in [5, 5.41) is 13.6. The third kappa shape index (κ3) is 4.91. The van der Waals surface area contributed by atoms with Crippen LogP contribution in [0, 0.1) is 6.92 Å². The molecule has 1 amide bonds. The van der Waals surface area contributed by atoms with Gasteiger partial charge in [0.15, 0.2) is 5.16 Å². The summed E-state index contributed by atoms with van der Waals surface area (Å²) in [6, 6.07) is 15.7. The molecule has 0 saturated heterocycles. The molecule has 8 heteroatoms. The van der Waals surface area contributed by atoms with Crippen LogP contribution in [-0.2, 0) is 17.8 Å². The number of aryl methyl sites for hydroxylation is 1. The van der Waals surface area contributed by atoms with Gasteiger partial charge in [0.25, 0.3) is 0 Å². The minimum atomic E-state index is -0.0884. The zero-order chi connectivity index (χ0) is 21.8. The summed E-state index contributed by atoms with van der Waals surface area (Å²) in [6.07, 6.45) is 2.48. The SMILES string of the molecule is C=CCn1c(Cc2c(C)[nH]c3ccccc23)nnc1SCC(=O)Nc1ccc(Br)cc1. The number of nitrogens with zero attached hydrogens (tertiary/aromatic N) is 3. The summed E-state index contributed by atoms with van der Waals surface area (Å²) >= 11 is 4.76. The third-order valence-electron chi connectivity index (χ3n) is 4.93. The summed E-state index contributed by atoms with van der Waals surface area (Å²) in [5.74, 6) is 1.01. The normalized spacial score (nSPS) is 11.0. The number of aromatic nitrogens is 4. The topological polar surface area (TPSA) is 75.6 Å². The highest BCUT2D eigenvalue weighted by Crippen LogP contribution is 2.26. The average Bonchev–Trinajstić information content (AvgIpc) is 3.29. The first-order valence-electron chi connectivity index (χ1n) is 9.82. The number of aromatic amines is 1. The summed E-state index contributed by atoms with van der Waals surface area (Å²) in [6.45, 7) is 6.52. The van der Waals surface area contributed by atoms with Crippen LogP contribution in [-0.4, -0.2) is 31.4 Å². The first-order chi connectivity index (χ1) is 15.0. The Morgan fingerprint density at radius 2 is 2.00 bits per heavy atom. The van der Waals surface area contributed by atoms with Crippen molar-refractivity contribution in [2.24, 2.45) is 0 Å². The molecule has 2 aromatic carbocycles. The van der Waals surface area contributed by atoms with Gasteiger partial charge in [-0.25, -0.2) is 0 Å². The monoisotopic (exact) mass is 495 g/mol. The standard InChI is InChI=1S/C23H22BrN5OS/c1-3-12-29-21(13-19-15(2)25-20-7-5-4-6-18(19)20)27-28-23(29)31-14-22(30)26-17-10-8-16(24)9-11-17/h3-11,25H,1,12-14H2,2H3,(H,26,30). The number of para-hydroxylation sites is 1. The lowest BCUT2D eigenvalue weighted by Crippen LogP contribution is -2.14. The second-order valence-corrected chi connectivity index (χ2v) is 8.95. The number of benzene rings is 2. The number of amides is 1. The number of carbonyl (C=O) groups is 1. The van der Waals surface area contributed by atoms with Crippen molar-refractivity contribution >= 4 is 50.2 Å². The van der Waals surface area contributed by atoms with E-state index in [2.05, 4.69) is 62.1 Å². The van der Waals surface area contributed by atoms with Gasteiger partial charge in [0.05, 0.1) is 5.75 Å². The van der Waals surface area contributed by atoms with Crippen LogP contribution in [0.25, 0.3) is 10.9 Å². The van der Waals surface area contributed by atoms with Crippen LogP contribution in [0.5, 0.6) is 0 Å². The number of hydrogen-bond acceptors (Lipinski definition) is 4. The Labute approximate surface area is 193 Å². The molecule has 0 spiro atoms. The maximum Gasteiger partial charge on any atom is 0.234 e. The minimum absolute atomic E-state index is 0.0884. The average molecular weight is 496 g/mol. The highest BCUT2D eigenvalue weighted by atomic mass is 79.9. The Morgan fingerprint density at radius 3 is 2.77 bits per heavy atom. The second-order valence-electron chi connectivity index (χ2n) is 7.09. The maximum atomic E-state index is 12.4. The van der Waals surface area contributed by atoms with Gasteiger partial charge < -0.3 is 14.9 Å². The number of allylic oxidation sites excluding steroid dienone is 1. The molecular weight excluding hydrogens is 474 g/mol. The smallest absolute Gasteiger partial charge is 0.234 e. The Kier molecular flexibility index (Phi) is 6.58. The molecule has 0 radical (unpaired) electrons. The van der Waals surface area contributed by atoms with Gasteiger partial charge in [-0.15, -0.1) is 16.8 Å². The first kappa shape index (κ1) is 21.4. The molecule has 0 saturated carbocycles. The minimum Gasteiger partial charge on any atom is -0.358 e. The van der Waals surface area contributed by atoms with Gasteiger partial charge in [0.1, 0.15) is 5.82 Å². The zero-order valence-corrected chi connectivity index (χ0v) is 19.5. The molecular formula is C23H22BrN5OS. The van der Waals surface area contributed by atoms with Gasteiger partial charge >= 0.3 is 0 Å². The maximum absolute atomic E-state index is 12.4. The van der Waals surface area contributed by atoms with Crippen molar-refractivity contribution in [3.8, 4) is 0 Å². The Bertz CT molecular complexity index is 1230. The molecule has 0 aliphatic rings. The van der Waals surface area contributed by atoms with E-state index in [0.29, 0.717) is 18.1 Å². The van der Waals surface area contributed by atoms with E-state index in [1.165, 1.54) is 22.7 Å². The molecule has 0 fully saturated rings. The van der Waals surface area contributed by atoms with Crippen LogP contribution in [0.1, 0.15) is 17.1 Å². The lowest BCUT2D eigenvalue weighted by molar-refractivity contribution is -0.113. The van der Waals surface area contributed by atoms with E-state index < -0.39 is 0 Å². The molecule has 0 aliphatic carbocycles. The van der Waals surface area contributed by atoms with Crippen molar-refractivity contribution in [3.63, 3.8) is 0 Å². The van der Waals surface area contributed by atoms with E-state index in [4.69, 9.17) is 0 Å².